The molecule has 1 aliphatic carbocycles. The number of aromatic amines is 1. The van der Waals surface area contributed by atoms with E-state index in [1.807, 2.05) is 6.92 Å². The Balaban J connectivity index is 2.34. The minimum absolute atomic E-state index is 0.655. The summed E-state index contributed by atoms with van der Waals surface area (Å²) in [5.74, 6) is 2.41. The van der Waals surface area contributed by atoms with Crippen molar-refractivity contribution in [1.82, 2.24) is 9.97 Å². The van der Waals surface area contributed by atoms with Crippen molar-refractivity contribution in [3.05, 3.63) is 11.5 Å². The van der Waals surface area contributed by atoms with Crippen molar-refractivity contribution in [1.29, 1.82) is 0 Å². The number of hydrogen-bond donors (Lipinski definition) is 2. The number of nitrogen functional groups attached to an aromatic ring is 1. The summed E-state index contributed by atoms with van der Waals surface area (Å²) >= 11 is 0. The fourth-order valence-corrected chi connectivity index (χ4v) is 1.05. The van der Waals surface area contributed by atoms with Crippen LogP contribution in [0.25, 0.3) is 0 Å². The van der Waals surface area contributed by atoms with Crippen LogP contribution in [0.5, 0.6) is 0 Å². The normalized spacial score (nSPS) is 17.7. The number of nitrogens with two attached hydrogens (primary N) is 1. The third kappa shape index (κ3) is 0.781. The van der Waals surface area contributed by atoms with Gasteiger partial charge in [0.2, 0.25) is 0 Å². The molecule has 0 atom stereocenters. The lowest BCUT2D eigenvalue weighted by Crippen LogP contribution is -1.86. The highest BCUT2D eigenvalue weighted by Crippen LogP contribution is 2.38. The van der Waals surface area contributed by atoms with E-state index in [-0.39, 0.29) is 0 Å². The van der Waals surface area contributed by atoms with Gasteiger partial charge in [-0.15, -0.1) is 0 Å². The molecule has 0 aromatic carbocycles. The third-order valence-electron chi connectivity index (χ3n) is 1.90. The Labute approximate surface area is 59.7 Å². The summed E-state index contributed by atoms with van der Waals surface area (Å²) in [7, 11) is 0. The molecule has 1 heterocycles. The number of anilines is 1. The molecule has 0 spiro atoms. The number of H-pyrrole nitrogens is 1. The molecule has 3 N–H and O–H groups in total. The van der Waals surface area contributed by atoms with E-state index in [1.165, 1.54) is 12.8 Å². The summed E-state index contributed by atoms with van der Waals surface area (Å²) in [6.07, 6.45) is 2.54. The standard InChI is InChI=1S/C7H11N3/c1-4-6(8)10-7(9-4)5-2-3-5/h5H,2-3,8H2,1H3,(H,9,10). The fourth-order valence-electron chi connectivity index (χ4n) is 1.05. The Kier molecular flexibility index (Phi) is 1.01. The molecular formula is C7H11N3. The van der Waals surface area contributed by atoms with Crippen molar-refractivity contribution in [2.75, 3.05) is 5.73 Å². The molecule has 0 aliphatic heterocycles. The maximum absolute atomic E-state index is 5.56. The Morgan fingerprint density at radius 2 is 2.30 bits per heavy atom. The molecule has 3 nitrogen and oxygen atoms in total. The second kappa shape index (κ2) is 1.75. The predicted octanol–water partition coefficient (Wildman–Crippen LogP) is 1.18. The van der Waals surface area contributed by atoms with Crippen LogP contribution in [-0.4, -0.2) is 9.97 Å². The van der Waals surface area contributed by atoms with Crippen LogP contribution in [-0.2, 0) is 0 Å². The summed E-state index contributed by atoms with van der Waals surface area (Å²) in [4.78, 5) is 7.36. The molecule has 1 aromatic heterocycles. The van der Waals surface area contributed by atoms with Gasteiger partial charge in [0.15, 0.2) is 0 Å². The van der Waals surface area contributed by atoms with Gasteiger partial charge in [-0.3, -0.25) is 0 Å². The van der Waals surface area contributed by atoms with Crippen molar-refractivity contribution in [2.24, 2.45) is 0 Å². The van der Waals surface area contributed by atoms with Crippen molar-refractivity contribution in [2.45, 2.75) is 25.7 Å². The maximum atomic E-state index is 5.56. The molecule has 1 aromatic rings. The van der Waals surface area contributed by atoms with Gasteiger partial charge in [0.25, 0.3) is 0 Å². The zero-order valence-electron chi connectivity index (χ0n) is 6.02. The lowest BCUT2D eigenvalue weighted by Gasteiger charge is -1.84. The van der Waals surface area contributed by atoms with E-state index in [0.717, 1.165) is 11.5 Å². The lowest BCUT2D eigenvalue weighted by molar-refractivity contribution is 0.969. The van der Waals surface area contributed by atoms with Crippen molar-refractivity contribution >= 4 is 5.82 Å². The summed E-state index contributed by atoms with van der Waals surface area (Å²) in [6, 6.07) is 0. The van der Waals surface area contributed by atoms with E-state index in [9.17, 15) is 0 Å². The molecular weight excluding hydrogens is 126 g/mol. The van der Waals surface area contributed by atoms with Crippen LogP contribution in [0.2, 0.25) is 0 Å². The highest BCUT2D eigenvalue weighted by atomic mass is 15.0. The molecule has 3 heteroatoms. The van der Waals surface area contributed by atoms with E-state index in [4.69, 9.17) is 5.73 Å². The Morgan fingerprint density at radius 3 is 2.70 bits per heavy atom. The van der Waals surface area contributed by atoms with Crippen LogP contribution in [0.3, 0.4) is 0 Å². The van der Waals surface area contributed by atoms with Crippen LogP contribution in [0.4, 0.5) is 5.82 Å². The summed E-state index contributed by atoms with van der Waals surface area (Å²) in [6.45, 7) is 1.95. The summed E-state index contributed by atoms with van der Waals surface area (Å²) in [5.41, 5.74) is 6.57. The molecule has 2 rings (SSSR count). The Hall–Kier alpha value is -0.990. The zero-order valence-corrected chi connectivity index (χ0v) is 6.02. The largest absolute Gasteiger partial charge is 0.382 e. The number of aryl methyl sites for hydroxylation is 1. The van der Waals surface area contributed by atoms with Gasteiger partial charge in [-0.25, -0.2) is 4.98 Å². The van der Waals surface area contributed by atoms with Gasteiger partial charge in [-0.2, -0.15) is 0 Å². The number of aromatic nitrogens is 2. The smallest absolute Gasteiger partial charge is 0.144 e. The molecule has 1 fully saturated rings. The van der Waals surface area contributed by atoms with E-state index < -0.39 is 0 Å². The molecule has 54 valence electrons. The quantitative estimate of drug-likeness (QED) is 0.610. The Bertz CT molecular complexity index is 228. The summed E-state index contributed by atoms with van der Waals surface area (Å²) < 4.78 is 0. The predicted molar refractivity (Wildman–Crippen MR) is 39.7 cm³/mol. The van der Waals surface area contributed by atoms with Crippen molar-refractivity contribution in [3.8, 4) is 0 Å². The molecule has 1 saturated carbocycles. The molecule has 0 saturated heterocycles. The van der Waals surface area contributed by atoms with Crippen LogP contribution >= 0.6 is 0 Å². The highest BCUT2D eigenvalue weighted by molar-refractivity contribution is 5.35. The molecule has 1 aliphatic rings. The third-order valence-corrected chi connectivity index (χ3v) is 1.90. The van der Waals surface area contributed by atoms with Gasteiger partial charge < -0.3 is 10.7 Å². The number of hydrogen-bond acceptors (Lipinski definition) is 2. The molecule has 10 heavy (non-hydrogen) atoms. The van der Waals surface area contributed by atoms with Crippen LogP contribution in [0, 0.1) is 6.92 Å². The number of rotatable bonds is 1. The topological polar surface area (TPSA) is 54.7 Å². The van der Waals surface area contributed by atoms with Gasteiger partial charge in [-0.05, 0) is 19.8 Å². The number of nitrogens with zero attached hydrogens (tertiary/aromatic N) is 1. The van der Waals surface area contributed by atoms with Gasteiger partial charge in [0.1, 0.15) is 11.6 Å². The first kappa shape index (κ1) is 5.77. The second-order valence-corrected chi connectivity index (χ2v) is 2.91. The van der Waals surface area contributed by atoms with E-state index in [2.05, 4.69) is 9.97 Å². The van der Waals surface area contributed by atoms with Crippen LogP contribution in [0.1, 0.15) is 30.3 Å². The van der Waals surface area contributed by atoms with Crippen LogP contribution < -0.4 is 5.73 Å². The number of imidazole rings is 1. The first-order valence-electron chi connectivity index (χ1n) is 3.59. The highest BCUT2D eigenvalue weighted by Gasteiger charge is 2.26. The lowest BCUT2D eigenvalue weighted by atomic mass is 10.4. The number of nitrogens with one attached hydrogen (secondary N) is 1. The zero-order chi connectivity index (χ0) is 7.14. The molecule has 0 amide bonds. The minimum atomic E-state index is 0.655. The molecule has 0 unspecified atom stereocenters. The van der Waals surface area contributed by atoms with Gasteiger partial charge >= 0.3 is 0 Å². The van der Waals surface area contributed by atoms with Gasteiger partial charge in [-0.1, -0.05) is 0 Å². The summed E-state index contributed by atoms with van der Waals surface area (Å²) in [5, 5.41) is 0. The van der Waals surface area contributed by atoms with Gasteiger partial charge in [0.05, 0.1) is 5.69 Å². The first-order valence-corrected chi connectivity index (χ1v) is 3.59. The molecule has 0 radical (unpaired) electrons. The fraction of sp³-hybridized carbons (Fsp3) is 0.571. The van der Waals surface area contributed by atoms with Gasteiger partial charge in [0, 0.05) is 5.92 Å². The SMILES string of the molecule is Cc1[nH]c(C2CC2)nc1N. The monoisotopic (exact) mass is 137 g/mol. The minimum Gasteiger partial charge on any atom is -0.382 e. The van der Waals surface area contributed by atoms with E-state index in [0.29, 0.717) is 11.7 Å². The average molecular weight is 137 g/mol. The Morgan fingerprint density at radius 1 is 1.60 bits per heavy atom. The first-order chi connectivity index (χ1) is 4.77. The van der Waals surface area contributed by atoms with Crippen LogP contribution in [0.15, 0.2) is 0 Å². The molecule has 0 bridgehead atoms. The maximum Gasteiger partial charge on any atom is 0.144 e. The van der Waals surface area contributed by atoms with E-state index in [1.54, 1.807) is 0 Å². The second-order valence-electron chi connectivity index (χ2n) is 2.91. The van der Waals surface area contributed by atoms with Crippen molar-refractivity contribution < 1.29 is 0 Å². The van der Waals surface area contributed by atoms with E-state index >= 15 is 0 Å². The van der Waals surface area contributed by atoms with Crippen molar-refractivity contribution in [3.63, 3.8) is 0 Å². The average Bonchev–Trinajstić information content (AvgIpc) is 2.64.